The summed E-state index contributed by atoms with van der Waals surface area (Å²) in [6.45, 7) is 0. The lowest BCUT2D eigenvalue weighted by atomic mass is 9.99. The summed E-state index contributed by atoms with van der Waals surface area (Å²) in [5.74, 6) is -0.0510. The molecule has 2 rings (SSSR count). The second-order valence-corrected chi connectivity index (χ2v) is 4.29. The molecule has 1 saturated heterocycles. The Kier molecular flexibility index (Phi) is 3.11. The molecule has 2 unspecified atom stereocenters. The highest BCUT2D eigenvalue weighted by Crippen LogP contribution is 2.32. The molecular formula is C12H14F2N2O. The number of likely N-dealkylation sites (N-methyl/N-ethyl adjacent to an activating group) is 1. The molecule has 2 N–H and O–H groups in total. The number of carbonyl (C=O) groups is 1. The number of nitrogens with zero attached hydrogens (tertiary/aromatic N) is 1. The molecule has 17 heavy (non-hydrogen) atoms. The van der Waals surface area contributed by atoms with E-state index < -0.39 is 6.43 Å². The number of alkyl halides is 2. The Hall–Kier alpha value is -1.49. The zero-order valence-electron chi connectivity index (χ0n) is 9.44. The van der Waals surface area contributed by atoms with E-state index in [1.807, 2.05) is 0 Å². The third-order valence-electron chi connectivity index (χ3n) is 3.13. The predicted molar refractivity (Wildman–Crippen MR) is 59.5 cm³/mol. The highest BCUT2D eigenvalue weighted by Gasteiger charge is 2.36. The van der Waals surface area contributed by atoms with E-state index in [9.17, 15) is 13.6 Å². The molecule has 1 fully saturated rings. The van der Waals surface area contributed by atoms with Gasteiger partial charge in [-0.05, 0) is 11.6 Å². The van der Waals surface area contributed by atoms with Gasteiger partial charge in [0, 0.05) is 25.1 Å². The number of amides is 1. The van der Waals surface area contributed by atoms with Crippen molar-refractivity contribution < 1.29 is 13.6 Å². The number of likely N-dealkylation sites (tertiary alicyclic amines) is 1. The maximum absolute atomic E-state index is 12.6. The number of carbonyl (C=O) groups excluding carboxylic acids is 1. The topological polar surface area (TPSA) is 46.3 Å². The summed E-state index contributed by atoms with van der Waals surface area (Å²) in [6, 6.07) is 5.45. The average Bonchev–Trinajstić information content (AvgIpc) is 2.53. The van der Waals surface area contributed by atoms with Crippen LogP contribution in [0.25, 0.3) is 0 Å². The predicted octanol–water partition coefficient (Wildman–Crippen LogP) is 1.85. The Balaban J connectivity index is 2.33. The number of halogens is 2. The second-order valence-electron chi connectivity index (χ2n) is 4.29. The Bertz CT molecular complexity index is 436. The van der Waals surface area contributed by atoms with E-state index >= 15 is 0 Å². The molecule has 1 aliphatic rings. The van der Waals surface area contributed by atoms with Crippen molar-refractivity contribution >= 4 is 5.91 Å². The van der Waals surface area contributed by atoms with Gasteiger partial charge < -0.3 is 10.6 Å². The Morgan fingerprint density at radius 3 is 2.71 bits per heavy atom. The Labute approximate surface area is 98.2 Å². The Morgan fingerprint density at radius 1 is 1.47 bits per heavy atom. The van der Waals surface area contributed by atoms with Crippen molar-refractivity contribution in [2.75, 3.05) is 7.05 Å². The molecule has 1 heterocycles. The van der Waals surface area contributed by atoms with Crippen molar-refractivity contribution in [1.29, 1.82) is 0 Å². The fourth-order valence-corrected chi connectivity index (χ4v) is 2.25. The average molecular weight is 240 g/mol. The second kappa shape index (κ2) is 4.41. The summed E-state index contributed by atoms with van der Waals surface area (Å²) in [6.07, 6.45) is -2.24. The van der Waals surface area contributed by atoms with Crippen LogP contribution in [-0.2, 0) is 4.79 Å². The van der Waals surface area contributed by atoms with Crippen LogP contribution in [0.5, 0.6) is 0 Å². The minimum absolute atomic E-state index is 0.0394. The van der Waals surface area contributed by atoms with Gasteiger partial charge >= 0.3 is 0 Å². The third kappa shape index (κ3) is 2.15. The van der Waals surface area contributed by atoms with Crippen LogP contribution >= 0.6 is 0 Å². The van der Waals surface area contributed by atoms with Crippen molar-refractivity contribution in [3.63, 3.8) is 0 Å². The van der Waals surface area contributed by atoms with Crippen LogP contribution in [-0.4, -0.2) is 23.9 Å². The molecule has 1 amide bonds. The lowest BCUT2D eigenvalue weighted by Crippen LogP contribution is -2.30. The first-order valence-electron chi connectivity index (χ1n) is 5.40. The van der Waals surface area contributed by atoms with Crippen LogP contribution in [0.3, 0.4) is 0 Å². The van der Waals surface area contributed by atoms with E-state index in [0.717, 1.165) is 0 Å². The first-order valence-corrected chi connectivity index (χ1v) is 5.40. The molecule has 0 aromatic heterocycles. The highest BCUT2D eigenvalue weighted by molar-refractivity contribution is 5.80. The summed E-state index contributed by atoms with van der Waals surface area (Å²) >= 11 is 0. The Morgan fingerprint density at radius 2 is 2.18 bits per heavy atom. The van der Waals surface area contributed by atoms with Gasteiger partial charge in [-0.15, -0.1) is 0 Å². The lowest BCUT2D eigenvalue weighted by molar-refractivity contribution is -0.127. The highest BCUT2D eigenvalue weighted by atomic mass is 19.3. The van der Waals surface area contributed by atoms with Crippen LogP contribution in [0.15, 0.2) is 24.3 Å². The minimum Gasteiger partial charge on any atom is -0.337 e. The van der Waals surface area contributed by atoms with Gasteiger partial charge in [-0.2, -0.15) is 0 Å². The monoisotopic (exact) mass is 240 g/mol. The van der Waals surface area contributed by atoms with Crippen molar-refractivity contribution in [1.82, 2.24) is 4.90 Å². The molecule has 0 saturated carbocycles. The molecule has 5 heteroatoms. The number of rotatable bonds is 2. The van der Waals surface area contributed by atoms with Crippen molar-refractivity contribution in [3.8, 4) is 0 Å². The van der Waals surface area contributed by atoms with Gasteiger partial charge in [-0.25, -0.2) is 8.78 Å². The standard InChI is InChI=1S/C12H14F2N2O/c1-16-10(17)6-9(15)11(16)7-3-2-4-8(5-7)12(13)14/h2-5,9,11-12H,6,15H2,1H3. The van der Waals surface area contributed by atoms with E-state index in [1.165, 1.54) is 17.0 Å². The van der Waals surface area contributed by atoms with Crippen LogP contribution < -0.4 is 5.73 Å². The van der Waals surface area contributed by atoms with Gasteiger partial charge in [-0.3, -0.25) is 4.79 Å². The largest absolute Gasteiger partial charge is 0.337 e. The molecule has 0 spiro atoms. The van der Waals surface area contributed by atoms with Crippen molar-refractivity contribution in [2.45, 2.75) is 24.9 Å². The van der Waals surface area contributed by atoms with Gasteiger partial charge in [0.05, 0.1) is 6.04 Å². The molecule has 0 bridgehead atoms. The normalized spacial score (nSPS) is 24.8. The third-order valence-corrected chi connectivity index (χ3v) is 3.13. The number of hydrogen-bond acceptors (Lipinski definition) is 2. The van der Waals surface area contributed by atoms with Crippen molar-refractivity contribution in [3.05, 3.63) is 35.4 Å². The number of hydrogen-bond donors (Lipinski definition) is 1. The van der Waals surface area contributed by atoms with Crippen LogP contribution in [0.4, 0.5) is 8.78 Å². The first kappa shape index (κ1) is 12.0. The molecule has 1 aromatic rings. The quantitative estimate of drug-likeness (QED) is 0.857. The van der Waals surface area contributed by atoms with Gasteiger partial charge in [0.2, 0.25) is 5.91 Å². The minimum atomic E-state index is -2.51. The van der Waals surface area contributed by atoms with Gasteiger partial charge in [0.15, 0.2) is 0 Å². The van der Waals surface area contributed by atoms with Gasteiger partial charge in [-0.1, -0.05) is 18.2 Å². The van der Waals surface area contributed by atoms with Gasteiger partial charge in [0.1, 0.15) is 0 Å². The maximum Gasteiger partial charge on any atom is 0.263 e. The summed E-state index contributed by atoms with van der Waals surface area (Å²) in [5, 5.41) is 0. The smallest absolute Gasteiger partial charge is 0.263 e. The van der Waals surface area contributed by atoms with E-state index in [4.69, 9.17) is 5.73 Å². The molecular weight excluding hydrogens is 226 g/mol. The zero-order valence-corrected chi connectivity index (χ0v) is 9.44. The van der Waals surface area contributed by atoms with Crippen LogP contribution in [0, 0.1) is 0 Å². The molecule has 1 aliphatic heterocycles. The number of benzene rings is 1. The molecule has 0 aliphatic carbocycles. The fraction of sp³-hybridized carbons (Fsp3) is 0.417. The molecule has 92 valence electrons. The first-order chi connectivity index (χ1) is 8.00. The number of nitrogens with two attached hydrogens (primary N) is 1. The van der Waals surface area contributed by atoms with E-state index in [2.05, 4.69) is 0 Å². The lowest BCUT2D eigenvalue weighted by Gasteiger charge is -2.23. The molecule has 3 nitrogen and oxygen atoms in total. The molecule has 0 radical (unpaired) electrons. The summed E-state index contributed by atoms with van der Waals surface area (Å²) < 4.78 is 25.2. The van der Waals surface area contributed by atoms with E-state index in [-0.39, 0.29) is 30.0 Å². The SMILES string of the molecule is CN1C(=O)CC(N)C1c1cccc(C(F)F)c1. The summed E-state index contributed by atoms with van der Waals surface area (Å²) in [4.78, 5) is 13.0. The fourth-order valence-electron chi connectivity index (χ4n) is 2.25. The summed E-state index contributed by atoms with van der Waals surface area (Å²) in [7, 11) is 1.65. The maximum atomic E-state index is 12.6. The van der Waals surface area contributed by atoms with Crippen LogP contribution in [0.1, 0.15) is 30.0 Å². The van der Waals surface area contributed by atoms with Crippen LogP contribution in [0.2, 0.25) is 0 Å². The molecule has 1 aromatic carbocycles. The summed E-state index contributed by atoms with van der Waals surface area (Å²) in [5.41, 5.74) is 6.50. The van der Waals surface area contributed by atoms with E-state index in [1.54, 1.807) is 19.2 Å². The zero-order chi connectivity index (χ0) is 12.6. The molecule has 2 atom stereocenters. The van der Waals surface area contributed by atoms with Crippen molar-refractivity contribution in [2.24, 2.45) is 5.73 Å². The van der Waals surface area contributed by atoms with Gasteiger partial charge in [0.25, 0.3) is 6.43 Å². The van der Waals surface area contributed by atoms with E-state index in [0.29, 0.717) is 5.56 Å².